The summed E-state index contributed by atoms with van der Waals surface area (Å²) in [5.41, 5.74) is 0.764. The van der Waals surface area contributed by atoms with E-state index in [9.17, 15) is 13.2 Å². The van der Waals surface area contributed by atoms with E-state index in [-0.39, 0.29) is 11.4 Å². The fourth-order valence-electron chi connectivity index (χ4n) is 2.61. The zero-order valence-corrected chi connectivity index (χ0v) is 17.4. The molecule has 2 aromatic carbocycles. The first-order valence-electron chi connectivity index (χ1n) is 8.06. The average molecular weight is 431 g/mol. The molecule has 0 aliphatic rings. The number of ether oxygens (including phenoxy) is 1. The van der Waals surface area contributed by atoms with Gasteiger partial charge < -0.3 is 10.1 Å². The molecule has 0 aromatic heterocycles. The third-order valence-electron chi connectivity index (χ3n) is 3.82. The highest BCUT2D eigenvalue weighted by Gasteiger charge is 2.31. The molecule has 146 valence electrons. The average Bonchev–Trinajstić information content (AvgIpc) is 2.61. The molecule has 0 heterocycles. The van der Waals surface area contributed by atoms with Crippen LogP contribution in [0.4, 0.5) is 11.4 Å². The molecule has 9 heteroatoms. The van der Waals surface area contributed by atoms with E-state index < -0.39 is 22.0 Å². The van der Waals surface area contributed by atoms with Crippen LogP contribution >= 0.6 is 23.2 Å². The van der Waals surface area contributed by atoms with Crippen LogP contribution in [-0.2, 0) is 14.8 Å². The van der Waals surface area contributed by atoms with E-state index in [1.807, 2.05) is 0 Å². The molecule has 27 heavy (non-hydrogen) atoms. The Balaban J connectivity index is 2.39. The lowest BCUT2D eigenvalue weighted by molar-refractivity contribution is -0.117. The van der Waals surface area contributed by atoms with E-state index >= 15 is 0 Å². The summed E-state index contributed by atoms with van der Waals surface area (Å²) in [6, 6.07) is 10.2. The molecule has 0 aliphatic carbocycles. The number of halogens is 2. The monoisotopic (exact) mass is 430 g/mol. The first-order chi connectivity index (χ1) is 12.7. The molecule has 0 unspecified atom stereocenters. The maximum Gasteiger partial charge on any atom is 0.248 e. The van der Waals surface area contributed by atoms with Crippen LogP contribution in [0.3, 0.4) is 0 Å². The third-order valence-corrected chi connectivity index (χ3v) is 5.74. The zero-order valence-electron chi connectivity index (χ0n) is 15.1. The molecule has 2 rings (SSSR count). The van der Waals surface area contributed by atoms with Gasteiger partial charge >= 0.3 is 0 Å². The van der Waals surface area contributed by atoms with Gasteiger partial charge in [0.1, 0.15) is 11.8 Å². The fraction of sp³-hybridized carbons (Fsp3) is 0.278. The van der Waals surface area contributed by atoms with E-state index in [1.54, 1.807) is 43.3 Å². The Morgan fingerprint density at radius 1 is 1.19 bits per heavy atom. The smallest absolute Gasteiger partial charge is 0.248 e. The largest absolute Gasteiger partial charge is 0.497 e. The Kier molecular flexibility index (Phi) is 6.97. The Bertz CT molecular complexity index is 935. The number of anilines is 2. The second kappa shape index (κ2) is 8.82. The minimum Gasteiger partial charge on any atom is -0.497 e. The van der Waals surface area contributed by atoms with Crippen LogP contribution in [0.5, 0.6) is 5.75 Å². The van der Waals surface area contributed by atoms with Gasteiger partial charge in [-0.15, -0.1) is 0 Å². The van der Waals surface area contributed by atoms with Crippen LogP contribution in [0.15, 0.2) is 42.5 Å². The second-order valence-electron chi connectivity index (χ2n) is 5.80. The molecule has 0 bridgehead atoms. The van der Waals surface area contributed by atoms with E-state index in [4.69, 9.17) is 27.9 Å². The number of hydrogen-bond donors (Lipinski definition) is 1. The summed E-state index contributed by atoms with van der Waals surface area (Å²) in [5, 5.41) is 3.34. The number of carbonyl (C=O) groups is 1. The summed E-state index contributed by atoms with van der Waals surface area (Å²) in [4.78, 5) is 12.8. The topological polar surface area (TPSA) is 75.7 Å². The molecule has 0 fully saturated rings. The lowest BCUT2D eigenvalue weighted by Gasteiger charge is -2.30. The molecule has 0 saturated heterocycles. The van der Waals surface area contributed by atoms with Gasteiger partial charge in [0.2, 0.25) is 15.9 Å². The third kappa shape index (κ3) is 5.28. The SMILES string of the molecule is CC[C@@H](C(=O)Nc1ccc(Cl)c(Cl)c1)N(c1cccc(OC)c1)S(C)(=O)=O. The predicted molar refractivity (Wildman–Crippen MR) is 109 cm³/mol. The summed E-state index contributed by atoms with van der Waals surface area (Å²) < 4.78 is 31.2. The maximum atomic E-state index is 12.8. The Morgan fingerprint density at radius 3 is 2.44 bits per heavy atom. The van der Waals surface area contributed by atoms with Crippen molar-refractivity contribution in [2.45, 2.75) is 19.4 Å². The maximum absolute atomic E-state index is 12.8. The number of carbonyl (C=O) groups excluding carboxylic acids is 1. The van der Waals surface area contributed by atoms with Crippen LogP contribution in [0.2, 0.25) is 10.0 Å². The molecule has 6 nitrogen and oxygen atoms in total. The summed E-state index contributed by atoms with van der Waals surface area (Å²) in [6.45, 7) is 1.73. The number of nitrogens with zero attached hydrogens (tertiary/aromatic N) is 1. The van der Waals surface area contributed by atoms with Gasteiger partial charge in [-0.1, -0.05) is 36.2 Å². The Morgan fingerprint density at radius 2 is 1.89 bits per heavy atom. The molecule has 1 amide bonds. The van der Waals surface area contributed by atoms with Crippen LogP contribution < -0.4 is 14.4 Å². The summed E-state index contributed by atoms with van der Waals surface area (Å²) in [6.07, 6.45) is 1.32. The number of amides is 1. The van der Waals surface area contributed by atoms with Crippen LogP contribution in [0.25, 0.3) is 0 Å². The molecule has 0 saturated carbocycles. The van der Waals surface area contributed by atoms with E-state index in [1.165, 1.54) is 13.2 Å². The van der Waals surface area contributed by atoms with Crippen molar-refractivity contribution in [2.24, 2.45) is 0 Å². The number of benzene rings is 2. The first-order valence-corrected chi connectivity index (χ1v) is 10.7. The van der Waals surface area contributed by atoms with Crippen molar-refractivity contribution in [1.29, 1.82) is 0 Å². The highest BCUT2D eigenvalue weighted by molar-refractivity contribution is 7.92. The van der Waals surface area contributed by atoms with Crippen LogP contribution in [-0.4, -0.2) is 33.7 Å². The number of nitrogens with one attached hydrogen (secondary N) is 1. The molecule has 0 spiro atoms. The molecule has 1 atom stereocenters. The van der Waals surface area contributed by atoms with Crippen molar-refractivity contribution in [3.8, 4) is 5.75 Å². The highest BCUT2D eigenvalue weighted by Crippen LogP contribution is 2.28. The van der Waals surface area contributed by atoms with E-state index in [0.29, 0.717) is 22.1 Å². The Hall–Kier alpha value is -1.96. The second-order valence-corrected chi connectivity index (χ2v) is 8.48. The van der Waals surface area contributed by atoms with Gasteiger partial charge in [-0.3, -0.25) is 9.10 Å². The summed E-state index contributed by atoms with van der Waals surface area (Å²) >= 11 is 11.9. The summed E-state index contributed by atoms with van der Waals surface area (Å²) in [7, 11) is -2.25. The van der Waals surface area contributed by atoms with Crippen LogP contribution in [0, 0.1) is 0 Å². The number of sulfonamides is 1. The molecule has 0 aliphatic heterocycles. The van der Waals surface area contributed by atoms with Crippen molar-refractivity contribution in [2.75, 3.05) is 23.0 Å². The molecule has 0 radical (unpaired) electrons. The van der Waals surface area contributed by atoms with Crippen molar-refractivity contribution >= 4 is 50.5 Å². The summed E-state index contributed by atoms with van der Waals surface area (Å²) in [5.74, 6) is 0.00466. The Labute approximate surface area is 169 Å². The van der Waals surface area contributed by atoms with Gasteiger partial charge in [0.15, 0.2) is 0 Å². The number of hydrogen-bond acceptors (Lipinski definition) is 4. The standard InChI is InChI=1S/C18H20Cl2N2O4S/c1-4-17(18(23)21-12-8-9-15(19)16(20)10-12)22(27(3,24)25)13-6-5-7-14(11-13)26-2/h5-11,17H,4H2,1-3H3,(H,21,23)/t17-/m0/s1. The van der Waals surface area contributed by atoms with E-state index in [0.717, 1.165) is 10.6 Å². The van der Waals surface area contributed by atoms with Gasteiger partial charge in [0.25, 0.3) is 0 Å². The van der Waals surface area contributed by atoms with Crippen LogP contribution in [0.1, 0.15) is 13.3 Å². The van der Waals surface area contributed by atoms with Crippen molar-refractivity contribution < 1.29 is 17.9 Å². The lowest BCUT2D eigenvalue weighted by Crippen LogP contribution is -2.47. The van der Waals surface area contributed by atoms with Gasteiger partial charge in [-0.2, -0.15) is 0 Å². The first kappa shape index (κ1) is 21.3. The van der Waals surface area contributed by atoms with Crippen molar-refractivity contribution in [3.05, 3.63) is 52.5 Å². The van der Waals surface area contributed by atoms with Gasteiger partial charge in [-0.05, 0) is 36.8 Å². The van der Waals surface area contributed by atoms with Gasteiger partial charge in [0, 0.05) is 11.8 Å². The van der Waals surface area contributed by atoms with Crippen molar-refractivity contribution in [3.63, 3.8) is 0 Å². The fourth-order valence-corrected chi connectivity index (χ4v) is 4.11. The predicted octanol–water partition coefficient (Wildman–Crippen LogP) is 4.19. The van der Waals surface area contributed by atoms with Gasteiger partial charge in [0.05, 0.1) is 29.1 Å². The van der Waals surface area contributed by atoms with E-state index in [2.05, 4.69) is 5.32 Å². The number of rotatable bonds is 7. The molecule has 2 aromatic rings. The number of methoxy groups -OCH3 is 1. The van der Waals surface area contributed by atoms with Crippen molar-refractivity contribution in [1.82, 2.24) is 0 Å². The minimum absolute atomic E-state index is 0.261. The quantitative estimate of drug-likeness (QED) is 0.714. The molecule has 1 N–H and O–H groups in total. The van der Waals surface area contributed by atoms with Gasteiger partial charge in [-0.25, -0.2) is 8.42 Å². The lowest BCUT2D eigenvalue weighted by atomic mass is 10.1. The molecular formula is C18H20Cl2N2O4S. The normalized spacial score (nSPS) is 12.3. The molecular weight excluding hydrogens is 411 g/mol. The zero-order chi connectivity index (χ0) is 20.2. The highest BCUT2D eigenvalue weighted by atomic mass is 35.5. The minimum atomic E-state index is -3.74.